The number of benzene rings is 3. The lowest BCUT2D eigenvalue weighted by molar-refractivity contribution is -0.384. The van der Waals surface area contributed by atoms with E-state index < -0.39 is 4.92 Å². The molecule has 3 aromatic carbocycles. The van der Waals surface area contributed by atoms with Crippen molar-refractivity contribution in [1.29, 1.82) is 0 Å². The number of hydrogen-bond acceptors (Lipinski definition) is 5. The summed E-state index contributed by atoms with van der Waals surface area (Å²) in [5.74, 6) is -0.305. The second-order valence-electron chi connectivity index (χ2n) is 6.80. The number of rotatable bonds is 6. The summed E-state index contributed by atoms with van der Waals surface area (Å²) in [6.45, 7) is 0. The molecule has 1 aromatic heterocycles. The van der Waals surface area contributed by atoms with Crippen molar-refractivity contribution in [2.45, 2.75) is 0 Å². The smallest absolute Gasteiger partial charge is 0.269 e. The van der Waals surface area contributed by atoms with Gasteiger partial charge in [-0.25, -0.2) is 4.98 Å². The lowest BCUT2D eigenvalue weighted by Gasteiger charge is -2.04. The average Bonchev–Trinajstić information content (AvgIpc) is 3.29. The summed E-state index contributed by atoms with van der Waals surface area (Å²) in [5, 5.41) is 17.1. The van der Waals surface area contributed by atoms with E-state index in [1.807, 2.05) is 47.8 Å². The van der Waals surface area contributed by atoms with Crippen LogP contribution in [0.1, 0.15) is 5.56 Å². The highest BCUT2D eigenvalue weighted by molar-refractivity contribution is 7.13. The van der Waals surface area contributed by atoms with Gasteiger partial charge in [0.1, 0.15) is 5.01 Å². The van der Waals surface area contributed by atoms with Gasteiger partial charge in [-0.05, 0) is 48.0 Å². The van der Waals surface area contributed by atoms with Gasteiger partial charge in [-0.15, -0.1) is 11.3 Å². The minimum Gasteiger partial charge on any atom is -0.322 e. The summed E-state index contributed by atoms with van der Waals surface area (Å²) in [4.78, 5) is 27.2. The first-order valence-electron chi connectivity index (χ1n) is 9.53. The van der Waals surface area contributed by atoms with E-state index in [1.54, 1.807) is 24.3 Å². The minimum atomic E-state index is -0.464. The zero-order valence-electron chi connectivity index (χ0n) is 16.6. The number of amides is 1. The molecule has 0 atom stereocenters. The van der Waals surface area contributed by atoms with E-state index in [9.17, 15) is 14.9 Å². The number of nitrogens with one attached hydrogen (secondary N) is 1. The van der Waals surface area contributed by atoms with Gasteiger partial charge in [0.05, 0.1) is 10.6 Å². The number of carbonyl (C=O) groups excluding carboxylic acids is 1. The third-order valence-corrected chi connectivity index (χ3v) is 5.70. The predicted molar refractivity (Wildman–Crippen MR) is 129 cm³/mol. The van der Waals surface area contributed by atoms with Crippen molar-refractivity contribution in [3.63, 3.8) is 0 Å². The Morgan fingerprint density at radius 3 is 2.50 bits per heavy atom. The fraction of sp³-hybridized carbons (Fsp3) is 0. The first kappa shape index (κ1) is 21.4. The van der Waals surface area contributed by atoms with Crippen LogP contribution in [0.4, 0.5) is 11.4 Å². The summed E-state index contributed by atoms with van der Waals surface area (Å²) in [5.41, 5.74) is 4.03. The highest BCUT2D eigenvalue weighted by Gasteiger charge is 2.08. The molecule has 1 amide bonds. The molecule has 0 aliphatic heterocycles. The first-order chi connectivity index (χ1) is 15.5. The maximum Gasteiger partial charge on any atom is 0.269 e. The summed E-state index contributed by atoms with van der Waals surface area (Å²) < 4.78 is 0. The molecule has 32 heavy (non-hydrogen) atoms. The lowest BCUT2D eigenvalue weighted by Crippen LogP contribution is -2.07. The first-order valence-corrected chi connectivity index (χ1v) is 10.8. The predicted octanol–water partition coefficient (Wildman–Crippen LogP) is 6.69. The molecule has 0 bridgehead atoms. The lowest BCUT2D eigenvalue weighted by atomic mass is 10.1. The van der Waals surface area contributed by atoms with Gasteiger partial charge in [0.15, 0.2) is 0 Å². The molecule has 1 N–H and O–H groups in total. The Bertz CT molecular complexity index is 1300. The van der Waals surface area contributed by atoms with Crippen LogP contribution >= 0.6 is 22.9 Å². The van der Waals surface area contributed by atoms with Crippen molar-refractivity contribution in [3.05, 3.63) is 105 Å². The van der Waals surface area contributed by atoms with Gasteiger partial charge in [-0.1, -0.05) is 35.9 Å². The Morgan fingerprint density at radius 1 is 1.03 bits per heavy atom. The number of aromatic nitrogens is 1. The number of nitrogens with zero attached hydrogens (tertiary/aromatic N) is 2. The van der Waals surface area contributed by atoms with E-state index in [0.717, 1.165) is 21.8 Å². The molecule has 0 saturated carbocycles. The fourth-order valence-corrected chi connectivity index (χ4v) is 3.91. The minimum absolute atomic E-state index is 0.00433. The molecular weight excluding hydrogens is 446 g/mol. The monoisotopic (exact) mass is 461 g/mol. The van der Waals surface area contributed by atoms with E-state index >= 15 is 0 Å². The van der Waals surface area contributed by atoms with E-state index in [-0.39, 0.29) is 11.6 Å². The Kier molecular flexibility index (Phi) is 6.39. The van der Waals surface area contributed by atoms with E-state index in [4.69, 9.17) is 16.6 Å². The summed E-state index contributed by atoms with van der Waals surface area (Å²) in [6.07, 6.45) is 2.98. The molecule has 0 aliphatic carbocycles. The van der Waals surface area contributed by atoms with Gasteiger partial charge in [0, 0.05) is 45.4 Å². The number of carbonyl (C=O) groups is 1. The van der Waals surface area contributed by atoms with E-state index in [0.29, 0.717) is 16.3 Å². The van der Waals surface area contributed by atoms with Gasteiger partial charge >= 0.3 is 0 Å². The van der Waals surface area contributed by atoms with Crippen LogP contribution in [0.15, 0.2) is 84.3 Å². The van der Waals surface area contributed by atoms with Crippen molar-refractivity contribution >= 4 is 46.3 Å². The van der Waals surface area contributed by atoms with Gasteiger partial charge in [0.2, 0.25) is 5.91 Å². The molecule has 4 rings (SSSR count). The summed E-state index contributed by atoms with van der Waals surface area (Å²) in [6, 6.07) is 20.9. The Morgan fingerprint density at radius 2 is 1.78 bits per heavy atom. The van der Waals surface area contributed by atoms with Crippen LogP contribution in [0.25, 0.3) is 27.9 Å². The van der Waals surface area contributed by atoms with Gasteiger partial charge < -0.3 is 5.32 Å². The van der Waals surface area contributed by atoms with Gasteiger partial charge in [-0.2, -0.15) is 0 Å². The third-order valence-electron chi connectivity index (χ3n) is 4.55. The largest absolute Gasteiger partial charge is 0.322 e. The van der Waals surface area contributed by atoms with E-state index in [2.05, 4.69) is 5.32 Å². The zero-order valence-corrected chi connectivity index (χ0v) is 18.1. The molecule has 0 unspecified atom stereocenters. The number of hydrogen-bond donors (Lipinski definition) is 1. The number of non-ortho nitro benzene ring substituents is 1. The number of halogens is 1. The highest BCUT2D eigenvalue weighted by atomic mass is 35.5. The van der Waals surface area contributed by atoms with Crippen LogP contribution in [0.3, 0.4) is 0 Å². The quantitative estimate of drug-likeness (QED) is 0.197. The molecule has 6 nitrogen and oxygen atoms in total. The molecule has 0 aliphatic rings. The SMILES string of the molecule is O=C(/C=C/c1ccc([N+](=O)[O-])cc1)Nc1cccc(-c2csc(-c3ccc(Cl)cc3)n2)c1. The van der Waals surface area contributed by atoms with Gasteiger partial charge in [-0.3, -0.25) is 14.9 Å². The molecule has 8 heteroatoms. The van der Waals surface area contributed by atoms with Crippen LogP contribution in [0.5, 0.6) is 0 Å². The van der Waals surface area contributed by atoms with Crippen LogP contribution in [0.2, 0.25) is 5.02 Å². The second kappa shape index (κ2) is 9.55. The number of anilines is 1. The van der Waals surface area contributed by atoms with Gasteiger partial charge in [0.25, 0.3) is 5.69 Å². The van der Waals surface area contributed by atoms with Crippen LogP contribution in [-0.2, 0) is 4.79 Å². The molecule has 0 spiro atoms. The molecule has 0 saturated heterocycles. The molecule has 0 fully saturated rings. The summed E-state index contributed by atoms with van der Waals surface area (Å²) >= 11 is 7.49. The van der Waals surface area contributed by atoms with Crippen LogP contribution in [-0.4, -0.2) is 15.8 Å². The topological polar surface area (TPSA) is 85.1 Å². The highest BCUT2D eigenvalue weighted by Crippen LogP contribution is 2.30. The normalized spacial score (nSPS) is 10.9. The van der Waals surface area contributed by atoms with Crippen molar-refractivity contribution in [1.82, 2.24) is 4.98 Å². The number of thiazole rings is 1. The zero-order chi connectivity index (χ0) is 22.5. The number of nitro benzene ring substituents is 1. The molecular formula is C24H16ClN3O3S. The Hall–Kier alpha value is -3.81. The molecule has 0 radical (unpaired) electrons. The Balaban J connectivity index is 1.44. The number of nitro groups is 1. The fourth-order valence-electron chi connectivity index (χ4n) is 2.95. The molecule has 4 aromatic rings. The van der Waals surface area contributed by atoms with Crippen molar-refractivity contribution < 1.29 is 9.72 Å². The van der Waals surface area contributed by atoms with Crippen LogP contribution in [0, 0.1) is 10.1 Å². The maximum absolute atomic E-state index is 12.3. The Labute approximate surface area is 193 Å². The molecule has 158 valence electrons. The van der Waals surface area contributed by atoms with Crippen LogP contribution < -0.4 is 5.32 Å². The maximum atomic E-state index is 12.3. The third kappa shape index (κ3) is 5.26. The second-order valence-corrected chi connectivity index (χ2v) is 8.09. The van der Waals surface area contributed by atoms with Crippen molar-refractivity contribution in [3.8, 4) is 21.8 Å². The average molecular weight is 462 g/mol. The van der Waals surface area contributed by atoms with Crippen molar-refractivity contribution in [2.75, 3.05) is 5.32 Å². The standard InChI is InChI=1S/C24H16ClN3O3S/c25-19-9-7-17(8-10-19)24-27-22(15-32-24)18-2-1-3-20(14-18)26-23(29)13-6-16-4-11-21(12-5-16)28(30)31/h1-15H,(H,26,29)/b13-6+. The van der Waals surface area contributed by atoms with Crippen molar-refractivity contribution in [2.24, 2.45) is 0 Å². The van der Waals surface area contributed by atoms with E-state index in [1.165, 1.54) is 29.5 Å². The summed E-state index contributed by atoms with van der Waals surface area (Å²) in [7, 11) is 0. The molecule has 1 heterocycles.